The molecule has 4 aliphatic carbocycles. The molecule has 1 heterocycles. The number of rotatable bonds is 4. The van der Waals surface area contributed by atoms with Crippen molar-refractivity contribution >= 4 is 39.6 Å². The maximum atomic E-state index is 12.2. The minimum Gasteiger partial charge on any atom is -0.465 e. The van der Waals surface area contributed by atoms with Crippen LogP contribution in [0.2, 0.25) is 0 Å². The van der Waals surface area contributed by atoms with E-state index in [9.17, 15) is 4.79 Å². The summed E-state index contributed by atoms with van der Waals surface area (Å²) in [7, 11) is 1.42. The molecule has 2 N–H and O–H groups in total. The van der Waals surface area contributed by atoms with Gasteiger partial charge in [-0.05, 0) is 100 Å². The van der Waals surface area contributed by atoms with E-state index in [2.05, 4.69) is 17.6 Å². The van der Waals surface area contributed by atoms with Gasteiger partial charge in [-0.3, -0.25) is 0 Å². The second-order valence-electron chi connectivity index (χ2n) is 9.08. The van der Waals surface area contributed by atoms with Crippen LogP contribution in [-0.2, 0) is 4.74 Å². The van der Waals surface area contributed by atoms with Gasteiger partial charge in [-0.2, -0.15) is 0 Å². The van der Waals surface area contributed by atoms with Crippen molar-refractivity contribution in [3.63, 3.8) is 0 Å². The van der Waals surface area contributed by atoms with Gasteiger partial charge >= 0.3 is 5.97 Å². The second-order valence-corrected chi connectivity index (χ2v) is 10.7. The summed E-state index contributed by atoms with van der Waals surface area (Å²) in [5.74, 6) is 2.47. The zero-order valence-electron chi connectivity index (χ0n) is 16.7. The molecule has 4 bridgehead atoms. The van der Waals surface area contributed by atoms with Crippen LogP contribution in [0.3, 0.4) is 0 Å². The van der Waals surface area contributed by atoms with Crippen LogP contribution in [0.5, 0.6) is 0 Å². The number of esters is 1. The van der Waals surface area contributed by atoms with Gasteiger partial charge < -0.3 is 15.4 Å². The SMILES string of the molecule is COC(=O)c1c(NC(=S)NC(C)C23CC4CC(CC(C4)C2)C3)sc(C)c1C. The van der Waals surface area contributed by atoms with E-state index < -0.39 is 0 Å². The van der Waals surface area contributed by atoms with Crippen LogP contribution in [0.25, 0.3) is 0 Å². The standard InChI is InChI=1S/C21H30N2O2S2/c1-11-12(2)27-18(17(11)19(24)25-4)23-20(26)22-13(3)21-8-14-5-15(9-21)7-16(6-14)10-21/h13-16H,5-10H2,1-4H3,(H2,22,23,26). The minimum atomic E-state index is -0.309. The first-order chi connectivity index (χ1) is 12.8. The maximum absolute atomic E-state index is 12.2. The molecule has 5 rings (SSSR count). The number of carbonyl (C=O) groups is 1. The fraction of sp³-hybridized carbons (Fsp3) is 0.714. The van der Waals surface area contributed by atoms with Crippen molar-refractivity contribution in [3.05, 3.63) is 16.0 Å². The lowest BCUT2D eigenvalue weighted by molar-refractivity contribution is -0.0671. The highest BCUT2D eigenvalue weighted by atomic mass is 32.1. The van der Waals surface area contributed by atoms with Gasteiger partial charge in [0.25, 0.3) is 0 Å². The number of aryl methyl sites for hydroxylation is 1. The Morgan fingerprint density at radius 1 is 1.19 bits per heavy atom. The molecule has 4 aliphatic rings. The quantitative estimate of drug-likeness (QED) is 0.542. The van der Waals surface area contributed by atoms with E-state index in [0.717, 1.165) is 33.2 Å². The van der Waals surface area contributed by atoms with Crippen molar-refractivity contribution in [2.24, 2.45) is 23.2 Å². The Morgan fingerprint density at radius 3 is 2.26 bits per heavy atom. The minimum absolute atomic E-state index is 0.309. The predicted molar refractivity (Wildman–Crippen MR) is 115 cm³/mol. The molecule has 0 aromatic carbocycles. The summed E-state index contributed by atoms with van der Waals surface area (Å²) in [6.45, 7) is 6.28. The zero-order valence-corrected chi connectivity index (χ0v) is 18.3. The number of carbonyl (C=O) groups excluding carboxylic acids is 1. The molecule has 1 atom stereocenters. The van der Waals surface area contributed by atoms with Crippen LogP contribution in [0, 0.1) is 37.0 Å². The van der Waals surface area contributed by atoms with Crippen molar-refractivity contribution in [2.75, 3.05) is 12.4 Å². The van der Waals surface area contributed by atoms with E-state index in [1.165, 1.54) is 45.6 Å². The first-order valence-corrected chi connectivity index (χ1v) is 11.3. The number of methoxy groups -OCH3 is 1. The Morgan fingerprint density at radius 2 is 1.74 bits per heavy atom. The van der Waals surface area contributed by atoms with Gasteiger partial charge in [0.1, 0.15) is 5.00 Å². The number of hydrogen-bond donors (Lipinski definition) is 2. The molecular weight excluding hydrogens is 376 g/mol. The van der Waals surface area contributed by atoms with E-state index in [1.54, 1.807) is 11.3 Å². The molecule has 4 fully saturated rings. The van der Waals surface area contributed by atoms with Crippen LogP contribution in [-0.4, -0.2) is 24.2 Å². The molecule has 1 aromatic heterocycles. The van der Waals surface area contributed by atoms with Gasteiger partial charge in [0.15, 0.2) is 5.11 Å². The third-order valence-corrected chi connectivity index (χ3v) is 8.70. The summed E-state index contributed by atoms with van der Waals surface area (Å²) in [5, 5.41) is 8.26. The molecule has 0 spiro atoms. The zero-order chi connectivity index (χ0) is 19.3. The van der Waals surface area contributed by atoms with E-state index >= 15 is 0 Å². The Hall–Kier alpha value is -1.14. The lowest BCUT2D eigenvalue weighted by Crippen LogP contribution is -2.56. The predicted octanol–water partition coefficient (Wildman–Crippen LogP) is 5.04. The summed E-state index contributed by atoms with van der Waals surface area (Å²) in [6, 6.07) is 0.356. The third-order valence-electron chi connectivity index (χ3n) is 7.35. The molecule has 0 radical (unpaired) electrons. The van der Waals surface area contributed by atoms with E-state index in [4.69, 9.17) is 17.0 Å². The molecule has 1 unspecified atom stereocenters. The largest absolute Gasteiger partial charge is 0.465 e. The maximum Gasteiger partial charge on any atom is 0.341 e. The van der Waals surface area contributed by atoms with E-state index in [1.807, 2.05) is 13.8 Å². The Bertz CT molecular complexity index is 735. The second kappa shape index (κ2) is 7.03. The molecule has 27 heavy (non-hydrogen) atoms. The highest BCUT2D eigenvalue weighted by Gasteiger charge is 2.53. The molecule has 0 aliphatic heterocycles. The average molecular weight is 407 g/mol. The number of thiocarbonyl (C=S) groups is 1. The number of ether oxygens (including phenoxy) is 1. The van der Waals surface area contributed by atoms with Crippen molar-refractivity contribution < 1.29 is 9.53 Å². The lowest BCUT2D eigenvalue weighted by Gasteiger charge is -2.59. The molecule has 4 nitrogen and oxygen atoms in total. The van der Waals surface area contributed by atoms with Crippen LogP contribution >= 0.6 is 23.6 Å². The Labute approximate surface area is 171 Å². The van der Waals surface area contributed by atoms with Crippen molar-refractivity contribution in [1.29, 1.82) is 0 Å². The van der Waals surface area contributed by atoms with Gasteiger partial charge in [0, 0.05) is 10.9 Å². The number of nitrogens with one attached hydrogen (secondary N) is 2. The van der Waals surface area contributed by atoms with Crippen molar-refractivity contribution in [3.8, 4) is 0 Å². The Balaban J connectivity index is 1.46. The molecular formula is C21H30N2O2S2. The lowest BCUT2D eigenvalue weighted by atomic mass is 9.48. The molecule has 6 heteroatoms. The monoisotopic (exact) mass is 406 g/mol. The number of thiophene rings is 1. The highest BCUT2D eigenvalue weighted by Crippen LogP contribution is 2.61. The first-order valence-electron chi connectivity index (χ1n) is 10.1. The highest BCUT2D eigenvalue weighted by molar-refractivity contribution is 7.80. The smallest absolute Gasteiger partial charge is 0.341 e. The first kappa shape index (κ1) is 19.2. The van der Waals surface area contributed by atoms with Crippen molar-refractivity contribution in [2.45, 2.75) is 65.3 Å². The topological polar surface area (TPSA) is 50.4 Å². The fourth-order valence-corrected chi connectivity index (χ4v) is 7.66. The molecule has 148 valence electrons. The van der Waals surface area contributed by atoms with Crippen LogP contribution in [0.15, 0.2) is 0 Å². The van der Waals surface area contributed by atoms with Gasteiger partial charge in [0.2, 0.25) is 0 Å². The fourth-order valence-electron chi connectivity index (χ4n) is 6.26. The molecule has 0 saturated heterocycles. The summed E-state index contributed by atoms with van der Waals surface area (Å²) in [5.41, 5.74) is 1.96. The molecule has 4 saturated carbocycles. The van der Waals surface area contributed by atoms with E-state index in [0.29, 0.717) is 22.1 Å². The summed E-state index contributed by atoms with van der Waals surface area (Å²) >= 11 is 7.19. The van der Waals surface area contributed by atoms with Crippen LogP contribution in [0.1, 0.15) is 66.2 Å². The van der Waals surface area contributed by atoms with Crippen LogP contribution < -0.4 is 10.6 Å². The normalized spacial score (nSPS) is 32.2. The van der Waals surface area contributed by atoms with Gasteiger partial charge in [-0.25, -0.2) is 4.79 Å². The van der Waals surface area contributed by atoms with Crippen molar-refractivity contribution in [1.82, 2.24) is 5.32 Å². The molecule has 1 aromatic rings. The molecule has 0 amide bonds. The van der Waals surface area contributed by atoms with E-state index in [-0.39, 0.29) is 5.97 Å². The number of anilines is 1. The van der Waals surface area contributed by atoms with Gasteiger partial charge in [-0.15, -0.1) is 11.3 Å². The average Bonchev–Trinajstić information content (AvgIpc) is 2.86. The Kier molecular flexibility index (Phi) is 5.00. The summed E-state index contributed by atoms with van der Waals surface area (Å²) < 4.78 is 4.96. The third kappa shape index (κ3) is 3.39. The summed E-state index contributed by atoms with van der Waals surface area (Å²) in [6.07, 6.45) is 8.39. The van der Waals surface area contributed by atoms with Crippen LogP contribution in [0.4, 0.5) is 5.00 Å². The number of hydrogen-bond acceptors (Lipinski definition) is 4. The van der Waals surface area contributed by atoms with Gasteiger partial charge in [0.05, 0.1) is 12.7 Å². The summed E-state index contributed by atoms with van der Waals surface area (Å²) in [4.78, 5) is 13.3. The van der Waals surface area contributed by atoms with Gasteiger partial charge in [-0.1, -0.05) is 0 Å².